The summed E-state index contributed by atoms with van der Waals surface area (Å²) in [4.78, 5) is 8.07. The van der Waals surface area contributed by atoms with Crippen LogP contribution in [0.2, 0.25) is 0 Å². The molecule has 0 aromatic carbocycles. The van der Waals surface area contributed by atoms with Crippen molar-refractivity contribution in [1.82, 2.24) is 14.7 Å². The fourth-order valence-corrected chi connectivity index (χ4v) is 6.19. The smallest absolute Gasteiger partial charge is 0.0110 e. The number of nitrogens with zero attached hydrogens (tertiary/aromatic N) is 3. The van der Waals surface area contributed by atoms with Crippen LogP contribution in [0, 0.1) is 16.7 Å². The third kappa shape index (κ3) is 5.70. The molecule has 4 rings (SSSR count). The second-order valence-corrected chi connectivity index (χ2v) is 10.2. The van der Waals surface area contributed by atoms with Gasteiger partial charge in [0, 0.05) is 39.3 Å². The van der Waals surface area contributed by atoms with Crippen molar-refractivity contribution in [3.63, 3.8) is 0 Å². The van der Waals surface area contributed by atoms with Gasteiger partial charge in [0.2, 0.25) is 0 Å². The predicted molar refractivity (Wildman–Crippen MR) is 117 cm³/mol. The molecule has 0 radical (unpaired) electrons. The summed E-state index contributed by atoms with van der Waals surface area (Å²) in [5.41, 5.74) is 1.48. The Kier molecular flexibility index (Phi) is 7.66. The molecule has 27 heavy (non-hydrogen) atoms. The first kappa shape index (κ1) is 21.6. The molecule has 1 unspecified atom stereocenters. The highest BCUT2D eigenvalue weighted by Gasteiger charge is 2.46. The summed E-state index contributed by atoms with van der Waals surface area (Å²) in [6.45, 7) is 17.1. The molecule has 2 aliphatic carbocycles. The SMILES string of the molecule is CC.CCCC1(CN2CCC3(CCC(CN4CCN(C)CC4)C3)CC2)CC1. The van der Waals surface area contributed by atoms with E-state index in [-0.39, 0.29) is 0 Å². The Morgan fingerprint density at radius 3 is 2.07 bits per heavy atom. The molecule has 0 aromatic rings. The van der Waals surface area contributed by atoms with E-state index in [4.69, 9.17) is 0 Å². The third-order valence-corrected chi connectivity index (χ3v) is 8.13. The van der Waals surface area contributed by atoms with Crippen molar-refractivity contribution in [2.75, 3.05) is 59.4 Å². The van der Waals surface area contributed by atoms with E-state index in [0.717, 1.165) is 16.7 Å². The van der Waals surface area contributed by atoms with Crippen LogP contribution in [-0.4, -0.2) is 74.1 Å². The van der Waals surface area contributed by atoms with E-state index in [2.05, 4.69) is 28.7 Å². The first-order valence-electron chi connectivity index (χ1n) is 12.2. The minimum absolute atomic E-state index is 0.731. The van der Waals surface area contributed by atoms with Crippen LogP contribution in [0.15, 0.2) is 0 Å². The standard InChI is InChI=1S/C22H41N3.C2H6/c1-3-5-22(7-8-22)19-25-11-9-21(10-12-25)6-4-20(17-21)18-24-15-13-23(2)14-16-24;1-2/h20H,3-19H2,1-2H3;1-2H3. The topological polar surface area (TPSA) is 9.72 Å². The van der Waals surface area contributed by atoms with Crippen molar-refractivity contribution in [3.8, 4) is 0 Å². The highest BCUT2D eigenvalue weighted by atomic mass is 15.2. The molecule has 0 aromatic heterocycles. The van der Waals surface area contributed by atoms with E-state index in [0.29, 0.717) is 0 Å². The number of likely N-dealkylation sites (N-methyl/N-ethyl adjacent to an activating group) is 1. The quantitative estimate of drug-likeness (QED) is 0.663. The molecule has 2 saturated heterocycles. The molecule has 1 spiro atoms. The summed E-state index contributed by atoms with van der Waals surface area (Å²) in [6.07, 6.45) is 13.4. The molecule has 0 amide bonds. The van der Waals surface area contributed by atoms with Gasteiger partial charge in [0.25, 0.3) is 0 Å². The lowest BCUT2D eigenvalue weighted by molar-refractivity contribution is 0.0822. The van der Waals surface area contributed by atoms with Crippen LogP contribution in [0.25, 0.3) is 0 Å². The minimum Gasteiger partial charge on any atom is -0.304 e. The molecule has 4 fully saturated rings. The summed E-state index contributed by atoms with van der Waals surface area (Å²) in [5.74, 6) is 0.991. The fourth-order valence-electron chi connectivity index (χ4n) is 6.19. The number of rotatable bonds is 6. The summed E-state index contributed by atoms with van der Waals surface area (Å²) < 4.78 is 0. The van der Waals surface area contributed by atoms with E-state index in [9.17, 15) is 0 Å². The van der Waals surface area contributed by atoms with Gasteiger partial charge in [-0.3, -0.25) is 0 Å². The zero-order valence-corrected chi connectivity index (χ0v) is 18.9. The zero-order chi connectivity index (χ0) is 19.3. The largest absolute Gasteiger partial charge is 0.304 e. The molecule has 2 heterocycles. The van der Waals surface area contributed by atoms with Crippen LogP contribution in [0.5, 0.6) is 0 Å². The van der Waals surface area contributed by atoms with Gasteiger partial charge in [-0.15, -0.1) is 0 Å². The monoisotopic (exact) mass is 377 g/mol. The van der Waals surface area contributed by atoms with Gasteiger partial charge in [0.15, 0.2) is 0 Å². The molecule has 0 bridgehead atoms. The van der Waals surface area contributed by atoms with E-state index in [1.54, 1.807) is 0 Å². The summed E-state index contributed by atoms with van der Waals surface area (Å²) >= 11 is 0. The second-order valence-electron chi connectivity index (χ2n) is 10.2. The number of hydrogen-bond acceptors (Lipinski definition) is 3. The maximum atomic E-state index is 2.84. The van der Waals surface area contributed by atoms with Gasteiger partial charge in [-0.2, -0.15) is 0 Å². The lowest BCUT2D eigenvalue weighted by Gasteiger charge is -2.41. The van der Waals surface area contributed by atoms with Crippen molar-refractivity contribution in [1.29, 1.82) is 0 Å². The molecule has 3 heteroatoms. The van der Waals surface area contributed by atoms with Crippen LogP contribution >= 0.6 is 0 Å². The van der Waals surface area contributed by atoms with Gasteiger partial charge >= 0.3 is 0 Å². The van der Waals surface area contributed by atoms with Gasteiger partial charge < -0.3 is 14.7 Å². The average Bonchev–Trinajstić information content (AvgIpc) is 3.33. The van der Waals surface area contributed by atoms with E-state index < -0.39 is 0 Å². The Morgan fingerprint density at radius 1 is 0.815 bits per heavy atom. The fraction of sp³-hybridized carbons (Fsp3) is 1.00. The van der Waals surface area contributed by atoms with Crippen molar-refractivity contribution >= 4 is 0 Å². The van der Waals surface area contributed by atoms with Crippen LogP contribution < -0.4 is 0 Å². The summed E-state index contributed by atoms with van der Waals surface area (Å²) in [6, 6.07) is 0. The van der Waals surface area contributed by atoms with Crippen molar-refractivity contribution < 1.29 is 0 Å². The maximum absolute atomic E-state index is 2.84. The lowest BCUT2D eigenvalue weighted by atomic mass is 9.76. The highest BCUT2D eigenvalue weighted by Crippen LogP contribution is 2.52. The van der Waals surface area contributed by atoms with E-state index in [1.807, 2.05) is 13.8 Å². The Hall–Kier alpha value is -0.120. The van der Waals surface area contributed by atoms with Crippen LogP contribution in [-0.2, 0) is 0 Å². The molecule has 2 aliphatic heterocycles. The molecular weight excluding hydrogens is 330 g/mol. The number of hydrogen-bond donors (Lipinski definition) is 0. The van der Waals surface area contributed by atoms with Crippen LogP contribution in [0.3, 0.4) is 0 Å². The van der Waals surface area contributed by atoms with Crippen LogP contribution in [0.4, 0.5) is 0 Å². The van der Waals surface area contributed by atoms with Crippen LogP contribution in [0.1, 0.15) is 78.6 Å². The Morgan fingerprint density at radius 2 is 1.48 bits per heavy atom. The average molecular weight is 378 g/mol. The second kappa shape index (κ2) is 9.59. The summed E-state index contributed by atoms with van der Waals surface area (Å²) in [5, 5.41) is 0. The Bertz CT molecular complexity index is 429. The molecule has 1 atom stereocenters. The number of piperidine rings is 1. The first-order valence-corrected chi connectivity index (χ1v) is 12.2. The van der Waals surface area contributed by atoms with Gasteiger partial charge in [0.1, 0.15) is 0 Å². The zero-order valence-electron chi connectivity index (χ0n) is 18.9. The van der Waals surface area contributed by atoms with Gasteiger partial charge in [-0.05, 0) is 88.3 Å². The highest BCUT2D eigenvalue weighted by molar-refractivity contribution is 4.98. The summed E-state index contributed by atoms with van der Waals surface area (Å²) in [7, 11) is 2.27. The first-order chi connectivity index (χ1) is 13.1. The molecule has 2 saturated carbocycles. The van der Waals surface area contributed by atoms with Crippen molar-refractivity contribution in [3.05, 3.63) is 0 Å². The molecule has 158 valence electrons. The molecule has 3 nitrogen and oxygen atoms in total. The van der Waals surface area contributed by atoms with Gasteiger partial charge in [-0.1, -0.05) is 27.2 Å². The number of piperazine rings is 1. The maximum Gasteiger partial charge on any atom is 0.0110 e. The Balaban J connectivity index is 0.00000102. The normalized spacial score (nSPS) is 30.9. The van der Waals surface area contributed by atoms with Gasteiger partial charge in [0.05, 0.1) is 0 Å². The van der Waals surface area contributed by atoms with Crippen molar-refractivity contribution in [2.45, 2.75) is 78.6 Å². The molecule has 4 aliphatic rings. The number of likely N-dealkylation sites (tertiary alicyclic amines) is 1. The van der Waals surface area contributed by atoms with Crippen molar-refractivity contribution in [2.24, 2.45) is 16.7 Å². The van der Waals surface area contributed by atoms with E-state index >= 15 is 0 Å². The minimum atomic E-state index is 0.731. The third-order valence-electron chi connectivity index (χ3n) is 8.13. The Labute approximate surface area is 169 Å². The molecular formula is C24H47N3. The molecule has 0 N–H and O–H groups in total. The lowest BCUT2D eigenvalue weighted by Crippen LogP contribution is -2.46. The van der Waals surface area contributed by atoms with E-state index in [1.165, 1.54) is 110 Å². The predicted octanol–water partition coefficient (Wildman–Crippen LogP) is 4.72. The van der Waals surface area contributed by atoms with Gasteiger partial charge in [-0.25, -0.2) is 0 Å².